The predicted molar refractivity (Wildman–Crippen MR) is 89.9 cm³/mol. The van der Waals surface area contributed by atoms with Crippen molar-refractivity contribution in [2.75, 3.05) is 24.2 Å². The second-order valence-corrected chi connectivity index (χ2v) is 6.83. The van der Waals surface area contributed by atoms with E-state index in [0.29, 0.717) is 5.92 Å². The predicted octanol–water partition coefficient (Wildman–Crippen LogP) is 4.54. The number of hydrogen-bond donors (Lipinski definition) is 0. The summed E-state index contributed by atoms with van der Waals surface area (Å²) >= 11 is 6.05. The van der Waals surface area contributed by atoms with Crippen molar-refractivity contribution in [1.29, 1.82) is 0 Å². The van der Waals surface area contributed by atoms with Crippen molar-refractivity contribution in [2.24, 2.45) is 5.92 Å². The maximum atomic E-state index is 6.29. The van der Waals surface area contributed by atoms with Crippen molar-refractivity contribution >= 4 is 38.5 Å². The Bertz CT molecular complexity index is 407. The van der Waals surface area contributed by atoms with Gasteiger partial charge in [0.1, 0.15) is 5.60 Å². The summed E-state index contributed by atoms with van der Waals surface area (Å²) in [5.41, 5.74) is 1.01. The normalized spacial score (nSPS) is 20.2. The third kappa shape index (κ3) is 4.16. The summed E-state index contributed by atoms with van der Waals surface area (Å²) in [5, 5.41) is 0. The molecule has 0 N–H and O–H groups in total. The fourth-order valence-electron chi connectivity index (χ4n) is 2.29. The number of halogens is 2. The van der Waals surface area contributed by atoms with E-state index in [1.807, 2.05) is 6.07 Å². The minimum absolute atomic E-state index is 0.223. The van der Waals surface area contributed by atoms with Crippen LogP contribution >= 0.6 is 38.5 Å². The zero-order chi connectivity index (χ0) is 13.7. The largest absolute Gasteiger partial charge is 0.381 e. The highest BCUT2D eigenvalue weighted by Gasteiger charge is 2.29. The molecule has 0 amide bonds. The Kier molecular flexibility index (Phi) is 6.11. The lowest BCUT2D eigenvalue weighted by molar-refractivity contribution is -0.0548. The van der Waals surface area contributed by atoms with E-state index in [-0.39, 0.29) is 5.60 Å². The number of alkyl halides is 1. The van der Waals surface area contributed by atoms with Crippen molar-refractivity contribution in [3.8, 4) is 0 Å². The highest BCUT2D eigenvalue weighted by molar-refractivity contribution is 14.1. The van der Waals surface area contributed by atoms with Crippen molar-refractivity contribution in [3.05, 3.63) is 34.3 Å². The van der Waals surface area contributed by atoms with Gasteiger partial charge in [-0.25, -0.2) is 0 Å². The standard InChI is InChI=1S/C15H20BrIO2/c1-15(11-17,13-4-2-3-5-14(13)16)19-10-12-6-8-18-9-7-12/h2-5,12H,6-11H2,1H3. The van der Waals surface area contributed by atoms with Gasteiger partial charge in [0.2, 0.25) is 0 Å². The van der Waals surface area contributed by atoms with Gasteiger partial charge in [0.15, 0.2) is 0 Å². The zero-order valence-corrected chi connectivity index (χ0v) is 14.9. The van der Waals surface area contributed by atoms with E-state index in [9.17, 15) is 0 Å². The SMILES string of the molecule is CC(CI)(OCC1CCOCC1)c1ccccc1Br. The molecule has 0 bridgehead atoms. The Labute approximate surface area is 137 Å². The van der Waals surface area contributed by atoms with Gasteiger partial charge in [0, 0.05) is 22.1 Å². The van der Waals surface area contributed by atoms with Gasteiger partial charge in [-0.05, 0) is 37.3 Å². The molecule has 2 rings (SSSR count). The summed E-state index contributed by atoms with van der Waals surface area (Å²) in [7, 11) is 0. The van der Waals surface area contributed by atoms with Crippen LogP contribution in [0.2, 0.25) is 0 Å². The van der Waals surface area contributed by atoms with Crippen LogP contribution < -0.4 is 0 Å². The fraction of sp³-hybridized carbons (Fsp3) is 0.600. The third-order valence-corrected chi connectivity index (χ3v) is 5.82. The Morgan fingerprint density at radius 3 is 2.68 bits per heavy atom. The minimum Gasteiger partial charge on any atom is -0.381 e. The van der Waals surface area contributed by atoms with E-state index < -0.39 is 0 Å². The molecule has 1 heterocycles. The minimum atomic E-state index is -0.223. The lowest BCUT2D eigenvalue weighted by atomic mass is 9.96. The van der Waals surface area contributed by atoms with Crippen LogP contribution in [0.25, 0.3) is 0 Å². The van der Waals surface area contributed by atoms with E-state index in [1.54, 1.807) is 0 Å². The van der Waals surface area contributed by atoms with Gasteiger partial charge in [-0.3, -0.25) is 0 Å². The van der Waals surface area contributed by atoms with Crippen LogP contribution in [0.1, 0.15) is 25.3 Å². The molecule has 0 spiro atoms. The van der Waals surface area contributed by atoms with Crippen LogP contribution in [0.3, 0.4) is 0 Å². The van der Waals surface area contributed by atoms with Crippen LogP contribution in [0, 0.1) is 5.92 Å². The molecule has 4 heteroatoms. The highest BCUT2D eigenvalue weighted by atomic mass is 127. The first-order chi connectivity index (χ1) is 9.15. The molecule has 1 aliphatic heterocycles. The second-order valence-electron chi connectivity index (χ2n) is 5.21. The second kappa shape index (κ2) is 7.38. The van der Waals surface area contributed by atoms with Crippen LogP contribution in [-0.4, -0.2) is 24.2 Å². The van der Waals surface area contributed by atoms with E-state index in [1.165, 1.54) is 5.56 Å². The molecule has 1 atom stereocenters. The van der Waals surface area contributed by atoms with Crippen LogP contribution in [0.4, 0.5) is 0 Å². The monoisotopic (exact) mass is 438 g/mol. The molecule has 1 aliphatic rings. The first-order valence-corrected chi connectivity index (χ1v) is 9.00. The van der Waals surface area contributed by atoms with Crippen LogP contribution in [0.15, 0.2) is 28.7 Å². The molecule has 1 aromatic carbocycles. The van der Waals surface area contributed by atoms with Gasteiger partial charge < -0.3 is 9.47 Å². The molecule has 0 aromatic heterocycles. The van der Waals surface area contributed by atoms with Crippen LogP contribution in [-0.2, 0) is 15.1 Å². The summed E-state index contributed by atoms with van der Waals surface area (Å²) in [6.45, 7) is 4.76. The summed E-state index contributed by atoms with van der Waals surface area (Å²) in [6.07, 6.45) is 2.24. The van der Waals surface area contributed by atoms with E-state index >= 15 is 0 Å². The molecule has 0 saturated carbocycles. The van der Waals surface area contributed by atoms with Crippen LogP contribution in [0.5, 0.6) is 0 Å². The van der Waals surface area contributed by atoms with Crippen molar-refractivity contribution in [1.82, 2.24) is 0 Å². The average Bonchev–Trinajstić information content (AvgIpc) is 2.46. The molecule has 106 valence electrons. The molecule has 1 unspecified atom stereocenters. The summed E-state index contributed by atoms with van der Waals surface area (Å²) < 4.78 is 13.8. The maximum Gasteiger partial charge on any atom is 0.100 e. The van der Waals surface area contributed by atoms with Gasteiger partial charge in [-0.1, -0.05) is 56.7 Å². The molecule has 19 heavy (non-hydrogen) atoms. The first-order valence-electron chi connectivity index (χ1n) is 6.68. The fourth-order valence-corrected chi connectivity index (χ4v) is 3.63. The summed E-state index contributed by atoms with van der Waals surface area (Å²) in [4.78, 5) is 0. The summed E-state index contributed by atoms with van der Waals surface area (Å²) in [6, 6.07) is 8.34. The lowest BCUT2D eigenvalue weighted by Crippen LogP contribution is -2.32. The van der Waals surface area contributed by atoms with Gasteiger partial charge in [0.25, 0.3) is 0 Å². The Morgan fingerprint density at radius 2 is 2.05 bits per heavy atom. The zero-order valence-electron chi connectivity index (χ0n) is 11.2. The Hall–Kier alpha value is 0.350. The first kappa shape index (κ1) is 15.7. The number of rotatable bonds is 5. The van der Waals surface area contributed by atoms with Gasteiger partial charge >= 0.3 is 0 Å². The Morgan fingerprint density at radius 1 is 1.37 bits per heavy atom. The van der Waals surface area contributed by atoms with Crippen molar-refractivity contribution in [2.45, 2.75) is 25.4 Å². The molecule has 1 aromatic rings. The van der Waals surface area contributed by atoms with E-state index in [0.717, 1.165) is 41.6 Å². The molecular formula is C15H20BrIO2. The van der Waals surface area contributed by atoms with Gasteiger partial charge in [-0.2, -0.15) is 0 Å². The quantitative estimate of drug-likeness (QED) is 0.496. The molecule has 1 saturated heterocycles. The molecule has 0 aliphatic carbocycles. The third-order valence-electron chi connectivity index (χ3n) is 3.68. The van der Waals surface area contributed by atoms with Gasteiger partial charge in [-0.15, -0.1) is 0 Å². The van der Waals surface area contributed by atoms with Gasteiger partial charge in [0.05, 0.1) is 6.61 Å². The molecular weight excluding hydrogens is 419 g/mol. The van der Waals surface area contributed by atoms with Crippen molar-refractivity contribution < 1.29 is 9.47 Å². The average molecular weight is 439 g/mol. The van der Waals surface area contributed by atoms with E-state index in [2.05, 4.69) is 63.6 Å². The molecule has 1 fully saturated rings. The Balaban J connectivity index is 2.03. The molecule has 2 nitrogen and oxygen atoms in total. The summed E-state index contributed by atoms with van der Waals surface area (Å²) in [5.74, 6) is 0.638. The topological polar surface area (TPSA) is 18.5 Å². The maximum absolute atomic E-state index is 6.29. The number of benzene rings is 1. The van der Waals surface area contributed by atoms with E-state index in [4.69, 9.17) is 9.47 Å². The number of ether oxygens (including phenoxy) is 2. The lowest BCUT2D eigenvalue weighted by Gasteiger charge is -2.32. The number of hydrogen-bond acceptors (Lipinski definition) is 2. The smallest absolute Gasteiger partial charge is 0.100 e. The molecule has 0 radical (unpaired) electrons. The van der Waals surface area contributed by atoms with Crippen molar-refractivity contribution in [3.63, 3.8) is 0 Å². The highest BCUT2D eigenvalue weighted by Crippen LogP contribution is 2.34.